The van der Waals surface area contributed by atoms with E-state index >= 15 is 0 Å². The van der Waals surface area contributed by atoms with Crippen LogP contribution in [0.5, 0.6) is 0 Å². The lowest BCUT2D eigenvalue weighted by Crippen LogP contribution is -1.94. The van der Waals surface area contributed by atoms with Crippen LogP contribution in [0.4, 0.5) is 5.82 Å². The number of fused-ring (bicyclic) bond motifs is 1. The van der Waals surface area contributed by atoms with E-state index in [0.717, 1.165) is 15.4 Å². The highest BCUT2D eigenvalue weighted by atomic mass is 35.5. The average molecular weight is 304 g/mol. The second-order valence-electron chi connectivity index (χ2n) is 3.87. The normalized spacial score (nSPS) is 10.7. The molecule has 20 heavy (non-hydrogen) atoms. The molecule has 0 fully saturated rings. The SMILES string of the molecule is CNc1nccc(Sc2ccc3nccnc3n2)c1Cl. The summed E-state index contributed by atoms with van der Waals surface area (Å²) in [5.41, 5.74) is 1.39. The van der Waals surface area contributed by atoms with Crippen LogP contribution in [0.25, 0.3) is 11.2 Å². The van der Waals surface area contributed by atoms with Crippen molar-refractivity contribution in [2.24, 2.45) is 0 Å². The molecular formula is C13H10ClN5S. The van der Waals surface area contributed by atoms with Gasteiger partial charge in [-0.15, -0.1) is 0 Å². The summed E-state index contributed by atoms with van der Waals surface area (Å²) in [6.07, 6.45) is 4.99. The molecule has 7 heteroatoms. The van der Waals surface area contributed by atoms with Gasteiger partial charge in [0, 0.05) is 30.5 Å². The van der Waals surface area contributed by atoms with E-state index in [4.69, 9.17) is 11.6 Å². The molecule has 0 aliphatic carbocycles. The van der Waals surface area contributed by atoms with Crippen LogP contribution in [0.1, 0.15) is 0 Å². The van der Waals surface area contributed by atoms with Gasteiger partial charge >= 0.3 is 0 Å². The van der Waals surface area contributed by atoms with Crippen LogP contribution >= 0.6 is 23.4 Å². The molecule has 3 rings (SSSR count). The molecule has 100 valence electrons. The Balaban J connectivity index is 1.97. The molecule has 3 aromatic rings. The molecule has 5 nitrogen and oxygen atoms in total. The van der Waals surface area contributed by atoms with Crippen molar-refractivity contribution in [3.8, 4) is 0 Å². The minimum atomic E-state index is 0.584. The first-order valence-electron chi connectivity index (χ1n) is 5.86. The predicted molar refractivity (Wildman–Crippen MR) is 80.2 cm³/mol. The topological polar surface area (TPSA) is 63.6 Å². The molecule has 0 aromatic carbocycles. The van der Waals surface area contributed by atoms with E-state index in [-0.39, 0.29) is 0 Å². The quantitative estimate of drug-likeness (QED) is 0.801. The molecular weight excluding hydrogens is 294 g/mol. The summed E-state index contributed by atoms with van der Waals surface area (Å²) in [4.78, 5) is 17.9. The molecule has 0 saturated carbocycles. The highest BCUT2D eigenvalue weighted by Gasteiger charge is 2.09. The first-order chi connectivity index (χ1) is 9.78. The average Bonchev–Trinajstić information content (AvgIpc) is 2.49. The second-order valence-corrected chi connectivity index (χ2v) is 5.31. The molecule has 1 N–H and O–H groups in total. The summed E-state index contributed by atoms with van der Waals surface area (Å²) < 4.78 is 0. The van der Waals surface area contributed by atoms with Gasteiger partial charge in [0.25, 0.3) is 0 Å². The molecule has 0 bridgehead atoms. The Morgan fingerprint density at radius 1 is 1.05 bits per heavy atom. The Morgan fingerprint density at radius 3 is 2.75 bits per heavy atom. The number of aromatic nitrogens is 4. The second kappa shape index (κ2) is 5.60. The molecule has 0 amide bonds. The summed E-state index contributed by atoms with van der Waals surface area (Å²) >= 11 is 7.74. The fraction of sp³-hybridized carbons (Fsp3) is 0.0769. The molecule has 3 heterocycles. The molecule has 3 aromatic heterocycles. The van der Waals surface area contributed by atoms with E-state index in [1.807, 2.05) is 18.2 Å². The number of halogens is 1. The highest BCUT2D eigenvalue weighted by molar-refractivity contribution is 7.99. The molecule has 0 saturated heterocycles. The Morgan fingerprint density at radius 2 is 1.90 bits per heavy atom. The largest absolute Gasteiger partial charge is 0.372 e. The third-order valence-electron chi connectivity index (χ3n) is 2.61. The minimum Gasteiger partial charge on any atom is -0.372 e. The van der Waals surface area contributed by atoms with E-state index in [0.29, 0.717) is 16.5 Å². The number of hydrogen-bond acceptors (Lipinski definition) is 6. The Bertz CT molecular complexity index is 765. The number of pyridine rings is 2. The number of nitrogens with zero attached hydrogens (tertiary/aromatic N) is 4. The van der Waals surface area contributed by atoms with E-state index < -0.39 is 0 Å². The maximum Gasteiger partial charge on any atom is 0.179 e. The van der Waals surface area contributed by atoms with Gasteiger partial charge in [0.15, 0.2) is 5.65 Å². The van der Waals surface area contributed by atoms with E-state index in [9.17, 15) is 0 Å². The van der Waals surface area contributed by atoms with Crippen molar-refractivity contribution >= 4 is 40.3 Å². The first kappa shape index (κ1) is 13.1. The maximum atomic E-state index is 6.28. The fourth-order valence-electron chi connectivity index (χ4n) is 1.69. The molecule has 0 spiro atoms. The van der Waals surface area contributed by atoms with Crippen LogP contribution in [0.2, 0.25) is 5.02 Å². The third kappa shape index (κ3) is 2.52. The van der Waals surface area contributed by atoms with Gasteiger partial charge in [-0.3, -0.25) is 4.98 Å². The predicted octanol–water partition coefficient (Wildman–Crippen LogP) is 3.27. The lowest BCUT2D eigenvalue weighted by molar-refractivity contribution is 1.12. The Hall–Kier alpha value is -1.92. The van der Waals surface area contributed by atoms with Gasteiger partial charge in [0.2, 0.25) is 0 Å². The van der Waals surface area contributed by atoms with Crippen molar-refractivity contribution in [2.75, 3.05) is 12.4 Å². The summed E-state index contributed by atoms with van der Waals surface area (Å²) in [5, 5.41) is 4.35. The molecule has 0 atom stereocenters. The molecule has 0 radical (unpaired) electrons. The number of anilines is 1. The van der Waals surface area contributed by atoms with Gasteiger partial charge in [-0.25, -0.2) is 15.0 Å². The van der Waals surface area contributed by atoms with E-state index in [1.54, 1.807) is 25.6 Å². The Labute approximate surface area is 124 Å². The van der Waals surface area contributed by atoms with Gasteiger partial charge in [0.1, 0.15) is 16.4 Å². The van der Waals surface area contributed by atoms with Gasteiger partial charge in [-0.05, 0) is 18.2 Å². The summed E-state index contributed by atoms with van der Waals surface area (Å²) in [6, 6.07) is 5.65. The van der Waals surface area contributed by atoms with Crippen molar-refractivity contribution < 1.29 is 0 Å². The summed E-state index contributed by atoms with van der Waals surface area (Å²) in [7, 11) is 1.78. The zero-order valence-electron chi connectivity index (χ0n) is 10.5. The lowest BCUT2D eigenvalue weighted by Gasteiger charge is -2.07. The van der Waals surface area contributed by atoms with Crippen molar-refractivity contribution in [3.63, 3.8) is 0 Å². The van der Waals surface area contributed by atoms with Crippen LogP contribution in [0.15, 0.2) is 46.7 Å². The van der Waals surface area contributed by atoms with Crippen LogP contribution < -0.4 is 5.32 Å². The van der Waals surface area contributed by atoms with Crippen molar-refractivity contribution in [3.05, 3.63) is 41.8 Å². The monoisotopic (exact) mass is 303 g/mol. The van der Waals surface area contributed by atoms with Crippen LogP contribution in [-0.4, -0.2) is 27.0 Å². The van der Waals surface area contributed by atoms with E-state index in [2.05, 4.69) is 25.3 Å². The number of nitrogens with one attached hydrogen (secondary N) is 1. The van der Waals surface area contributed by atoms with Crippen molar-refractivity contribution in [1.29, 1.82) is 0 Å². The fourth-order valence-corrected chi connectivity index (χ4v) is 2.82. The molecule has 0 aliphatic rings. The van der Waals surface area contributed by atoms with Crippen LogP contribution in [0.3, 0.4) is 0 Å². The lowest BCUT2D eigenvalue weighted by atomic mass is 10.4. The molecule has 0 aliphatic heterocycles. The van der Waals surface area contributed by atoms with Gasteiger partial charge < -0.3 is 5.32 Å². The first-order valence-corrected chi connectivity index (χ1v) is 7.05. The standard InChI is InChI=1S/C13H10ClN5S/c1-15-13-11(14)9(4-5-17-13)20-10-3-2-8-12(19-10)18-7-6-16-8/h2-7H,1H3,(H,15,17). The zero-order chi connectivity index (χ0) is 13.9. The number of rotatable bonds is 3. The smallest absolute Gasteiger partial charge is 0.179 e. The highest BCUT2D eigenvalue weighted by Crippen LogP contribution is 2.35. The summed E-state index contributed by atoms with van der Waals surface area (Å²) in [5.74, 6) is 0.650. The van der Waals surface area contributed by atoms with Crippen LogP contribution in [0, 0.1) is 0 Å². The molecule has 0 unspecified atom stereocenters. The van der Waals surface area contributed by atoms with E-state index in [1.165, 1.54) is 11.8 Å². The van der Waals surface area contributed by atoms with Crippen molar-refractivity contribution in [2.45, 2.75) is 9.92 Å². The third-order valence-corrected chi connectivity index (χ3v) is 4.10. The van der Waals surface area contributed by atoms with Gasteiger partial charge in [-0.2, -0.15) is 0 Å². The van der Waals surface area contributed by atoms with Gasteiger partial charge in [-0.1, -0.05) is 23.4 Å². The van der Waals surface area contributed by atoms with Crippen LogP contribution in [-0.2, 0) is 0 Å². The van der Waals surface area contributed by atoms with Crippen molar-refractivity contribution in [1.82, 2.24) is 19.9 Å². The number of hydrogen-bond donors (Lipinski definition) is 1. The zero-order valence-corrected chi connectivity index (χ0v) is 12.1. The van der Waals surface area contributed by atoms with Gasteiger partial charge in [0.05, 0.1) is 5.02 Å². The minimum absolute atomic E-state index is 0.584. The maximum absolute atomic E-state index is 6.28. The Kier molecular flexibility index (Phi) is 3.66. The summed E-state index contributed by atoms with van der Waals surface area (Å²) in [6.45, 7) is 0.